The van der Waals surface area contributed by atoms with Crippen LogP contribution in [0.3, 0.4) is 0 Å². The summed E-state index contributed by atoms with van der Waals surface area (Å²) >= 11 is 0. The predicted molar refractivity (Wildman–Crippen MR) is 133 cm³/mol. The molecule has 1 unspecified atom stereocenters. The van der Waals surface area contributed by atoms with Gasteiger partial charge in [-0.1, -0.05) is 12.3 Å². The van der Waals surface area contributed by atoms with Gasteiger partial charge in [0.05, 0.1) is 59.3 Å². The number of esters is 1. The van der Waals surface area contributed by atoms with Crippen molar-refractivity contribution >= 4 is 11.9 Å². The van der Waals surface area contributed by atoms with Gasteiger partial charge in [-0.05, 0) is 19.3 Å². The molecule has 0 saturated carbocycles. The maximum atomic E-state index is 13.5. The molecule has 1 aromatic rings. The van der Waals surface area contributed by atoms with Crippen molar-refractivity contribution in [2.75, 3.05) is 66.0 Å². The van der Waals surface area contributed by atoms with E-state index < -0.39 is 47.2 Å². The normalized spacial score (nSPS) is 15.0. The minimum atomic E-state index is -2.35. The largest absolute Gasteiger partial charge is 0.420 e. The molecular formula is C27H34F5NO8. The fourth-order valence-electron chi connectivity index (χ4n) is 3.35. The molecule has 0 saturated heterocycles. The number of halogens is 5. The Balaban J connectivity index is 1.37. The molecule has 1 atom stereocenters. The van der Waals surface area contributed by atoms with E-state index in [1.807, 2.05) is 0 Å². The molecule has 1 aromatic carbocycles. The average Bonchev–Trinajstić information content (AvgIpc) is 2.94. The third kappa shape index (κ3) is 13.6. The van der Waals surface area contributed by atoms with E-state index in [0.717, 1.165) is 32.1 Å². The summed E-state index contributed by atoms with van der Waals surface area (Å²) in [6, 6.07) is 0. The highest BCUT2D eigenvalue weighted by Crippen LogP contribution is 2.29. The van der Waals surface area contributed by atoms with Gasteiger partial charge in [0.15, 0.2) is 0 Å². The fraction of sp³-hybridized carbons (Fsp3) is 0.630. The van der Waals surface area contributed by atoms with E-state index in [1.165, 1.54) is 0 Å². The third-order valence-electron chi connectivity index (χ3n) is 5.47. The van der Waals surface area contributed by atoms with Crippen molar-refractivity contribution in [1.29, 1.82) is 0 Å². The van der Waals surface area contributed by atoms with Gasteiger partial charge in [0.2, 0.25) is 40.7 Å². The van der Waals surface area contributed by atoms with Crippen molar-refractivity contribution in [2.45, 2.75) is 44.6 Å². The quantitative estimate of drug-likeness (QED) is 0.0495. The second-order valence-electron chi connectivity index (χ2n) is 8.64. The predicted octanol–water partition coefficient (Wildman–Crippen LogP) is 3.21. The summed E-state index contributed by atoms with van der Waals surface area (Å²) in [6.45, 7) is 1.82. The summed E-state index contributed by atoms with van der Waals surface area (Å²) in [5, 5.41) is 2.71. The fourth-order valence-corrected chi connectivity index (χ4v) is 3.35. The zero-order valence-electron chi connectivity index (χ0n) is 22.5. The van der Waals surface area contributed by atoms with Crippen LogP contribution in [0.25, 0.3) is 0 Å². The molecule has 0 radical (unpaired) electrons. The van der Waals surface area contributed by atoms with Crippen LogP contribution in [-0.2, 0) is 33.3 Å². The minimum absolute atomic E-state index is 0.0371. The van der Waals surface area contributed by atoms with Gasteiger partial charge in [-0.3, -0.25) is 9.59 Å². The molecule has 0 spiro atoms. The molecule has 41 heavy (non-hydrogen) atoms. The van der Waals surface area contributed by atoms with Crippen molar-refractivity contribution in [3.63, 3.8) is 0 Å². The van der Waals surface area contributed by atoms with Gasteiger partial charge >= 0.3 is 5.97 Å². The lowest BCUT2D eigenvalue weighted by molar-refractivity contribution is -0.136. The summed E-state index contributed by atoms with van der Waals surface area (Å²) in [5.74, 6) is -8.26. The maximum Gasteiger partial charge on any atom is 0.313 e. The van der Waals surface area contributed by atoms with E-state index in [2.05, 4.69) is 21.9 Å². The summed E-state index contributed by atoms with van der Waals surface area (Å²) in [4.78, 5) is 23.5. The topological polar surface area (TPSA) is 102 Å². The third-order valence-corrected chi connectivity index (χ3v) is 5.47. The van der Waals surface area contributed by atoms with Gasteiger partial charge in [0, 0.05) is 13.0 Å². The van der Waals surface area contributed by atoms with Crippen molar-refractivity contribution < 1.29 is 60.0 Å². The highest BCUT2D eigenvalue weighted by molar-refractivity contribution is 5.77. The Morgan fingerprint density at radius 1 is 0.732 bits per heavy atom. The van der Waals surface area contributed by atoms with Crippen LogP contribution >= 0.6 is 0 Å². The summed E-state index contributed by atoms with van der Waals surface area (Å²) in [6.07, 6.45) is 4.31. The first-order valence-electron chi connectivity index (χ1n) is 13.2. The molecule has 14 heteroatoms. The van der Waals surface area contributed by atoms with Crippen LogP contribution < -0.4 is 10.1 Å². The molecule has 0 bridgehead atoms. The maximum absolute atomic E-state index is 13.5. The zero-order chi connectivity index (χ0) is 29.9. The molecule has 1 aliphatic carbocycles. The van der Waals surface area contributed by atoms with Gasteiger partial charge in [-0.25, -0.2) is 13.2 Å². The highest BCUT2D eigenvalue weighted by atomic mass is 19.2. The van der Waals surface area contributed by atoms with Crippen LogP contribution in [-0.4, -0.2) is 84.0 Å². The Morgan fingerprint density at radius 2 is 1.29 bits per heavy atom. The zero-order valence-corrected chi connectivity index (χ0v) is 22.5. The van der Waals surface area contributed by atoms with Crippen LogP contribution in [0.1, 0.15) is 38.5 Å². The van der Waals surface area contributed by atoms with Crippen LogP contribution in [0.15, 0.2) is 0 Å². The number of amides is 1. The molecule has 1 N–H and O–H groups in total. The second kappa shape index (κ2) is 20.1. The van der Waals surface area contributed by atoms with Crippen LogP contribution in [0.4, 0.5) is 22.0 Å². The Kier molecular flexibility index (Phi) is 16.9. The van der Waals surface area contributed by atoms with E-state index in [0.29, 0.717) is 26.4 Å². The smallest absolute Gasteiger partial charge is 0.313 e. The lowest BCUT2D eigenvalue weighted by Gasteiger charge is -2.13. The monoisotopic (exact) mass is 595 g/mol. The van der Waals surface area contributed by atoms with E-state index in [1.54, 1.807) is 0 Å². The first-order chi connectivity index (χ1) is 19.8. The number of benzene rings is 1. The van der Waals surface area contributed by atoms with E-state index in [-0.39, 0.29) is 51.7 Å². The molecule has 230 valence electrons. The van der Waals surface area contributed by atoms with Crippen LogP contribution in [0.2, 0.25) is 0 Å². The van der Waals surface area contributed by atoms with Crippen molar-refractivity contribution in [3.8, 4) is 17.6 Å². The molecule has 1 aliphatic rings. The Labute approximate surface area is 234 Å². The number of carbonyl (C=O) groups excluding carboxylic acids is 2. The van der Waals surface area contributed by atoms with Crippen LogP contribution in [0, 0.1) is 40.9 Å². The first kappa shape index (κ1) is 34.4. The summed E-state index contributed by atoms with van der Waals surface area (Å²) in [7, 11) is 0. The molecule has 0 aromatic heterocycles. The van der Waals surface area contributed by atoms with E-state index >= 15 is 0 Å². The average molecular weight is 596 g/mol. The Bertz CT molecular complexity index is 1000. The van der Waals surface area contributed by atoms with Gasteiger partial charge in [-0.15, -0.1) is 5.92 Å². The van der Waals surface area contributed by atoms with Gasteiger partial charge < -0.3 is 33.7 Å². The van der Waals surface area contributed by atoms with E-state index in [4.69, 9.17) is 23.7 Å². The highest BCUT2D eigenvalue weighted by Gasteiger charge is 2.28. The SMILES string of the molecule is O=C(COC1C#CCCCCC1)NCCOCCOCCOCCOCCC(=O)Oc1c(F)c(F)c(F)c(F)c1F. The van der Waals surface area contributed by atoms with E-state index in [9.17, 15) is 31.5 Å². The van der Waals surface area contributed by atoms with Crippen molar-refractivity contribution in [2.24, 2.45) is 0 Å². The first-order valence-corrected chi connectivity index (χ1v) is 13.2. The molecule has 2 rings (SSSR count). The van der Waals surface area contributed by atoms with Crippen molar-refractivity contribution in [3.05, 3.63) is 29.1 Å². The molecule has 1 amide bonds. The van der Waals surface area contributed by atoms with Crippen molar-refractivity contribution in [1.82, 2.24) is 5.32 Å². The lowest BCUT2D eigenvalue weighted by Crippen LogP contribution is -2.32. The van der Waals surface area contributed by atoms with Gasteiger partial charge in [0.1, 0.15) is 12.7 Å². The number of hydrogen-bond acceptors (Lipinski definition) is 8. The van der Waals surface area contributed by atoms with Gasteiger partial charge in [-0.2, -0.15) is 8.78 Å². The summed E-state index contributed by atoms with van der Waals surface area (Å²) in [5.41, 5.74) is 0. The molecule has 0 aliphatic heterocycles. The minimum Gasteiger partial charge on any atom is -0.420 e. The Morgan fingerprint density at radius 3 is 1.93 bits per heavy atom. The second-order valence-corrected chi connectivity index (χ2v) is 8.64. The molecule has 0 fully saturated rings. The Hall–Kier alpha value is -2.83. The number of carbonyl (C=O) groups is 2. The standard InChI is InChI=1S/C27H34F5NO8/c28-22-23(29)25(31)27(26(32)24(22)30)41-21(35)8-10-36-12-14-38-16-17-39-15-13-37-11-9-33-20(34)18-40-19-6-4-2-1-3-5-7-19/h19H,1-4,6,8-18H2,(H,33,34). The summed E-state index contributed by atoms with van der Waals surface area (Å²) < 4.78 is 97.1. The molecule has 0 heterocycles. The number of rotatable bonds is 19. The molecular weight excluding hydrogens is 561 g/mol. The number of hydrogen-bond donors (Lipinski definition) is 1. The number of ether oxygens (including phenoxy) is 6. The lowest BCUT2D eigenvalue weighted by atomic mass is 10.1. The molecule has 9 nitrogen and oxygen atoms in total. The van der Waals surface area contributed by atoms with Gasteiger partial charge in [0.25, 0.3) is 0 Å². The van der Waals surface area contributed by atoms with Crippen LogP contribution in [0.5, 0.6) is 5.75 Å². The number of nitrogens with one attached hydrogen (secondary N) is 1.